The van der Waals surface area contributed by atoms with Gasteiger partial charge >= 0.3 is 0 Å². The van der Waals surface area contributed by atoms with E-state index in [4.69, 9.17) is 0 Å². The zero-order chi connectivity index (χ0) is 9.56. The molecule has 0 aromatic heterocycles. The number of rotatable bonds is 1. The van der Waals surface area contributed by atoms with Crippen LogP contribution in [0.5, 0.6) is 0 Å². The van der Waals surface area contributed by atoms with Crippen LogP contribution in [0, 0.1) is 6.92 Å². The summed E-state index contributed by atoms with van der Waals surface area (Å²) in [6.07, 6.45) is 0. The topological polar surface area (TPSA) is 0 Å². The molecule has 1 aromatic rings. The van der Waals surface area contributed by atoms with E-state index in [1.54, 1.807) is 0 Å². The lowest BCUT2D eigenvalue weighted by Crippen LogP contribution is -1.89. The van der Waals surface area contributed by atoms with Gasteiger partial charge in [-0.3, -0.25) is 0 Å². The lowest BCUT2D eigenvalue weighted by atomic mass is 9.99. The first-order chi connectivity index (χ1) is 5.72. The summed E-state index contributed by atoms with van der Waals surface area (Å²) in [4.78, 5) is 0. The highest BCUT2D eigenvalue weighted by molar-refractivity contribution is 5.27. The summed E-state index contributed by atoms with van der Waals surface area (Å²) in [5.74, 6) is 0.654. The highest BCUT2D eigenvalue weighted by Crippen LogP contribution is 2.17. The van der Waals surface area contributed by atoms with Crippen LogP contribution in [0.15, 0.2) is 24.3 Å². The Hall–Kier alpha value is -0.780. The SMILES string of the molecule is C.CC.Cc1ccccc1C(C)C. The average molecular weight is 180 g/mol. The maximum absolute atomic E-state index is 2.22. The minimum absolute atomic E-state index is 0. The van der Waals surface area contributed by atoms with Crippen molar-refractivity contribution in [1.29, 1.82) is 0 Å². The van der Waals surface area contributed by atoms with Crippen LogP contribution in [0.3, 0.4) is 0 Å². The van der Waals surface area contributed by atoms with Gasteiger partial charge in [-0.1, -0.05) is 59.4 Å². The van der Waals surface area contributed by atoms with Crippen LogP contribution in [-0.4, -0.2) is 0 Å². The van der Waals surface area contributed by atoms with Crippen LogP contribution in [0.25, 0.3) is 0 Å². The summed E-state index contributed by atoms with van der Waals surface area (Å²) in [5, 5.41) is 0. The van der Waals surface area contributed by atoms with Gasteiger partial charge in [0.05, 0.1) is 0 Å². The minimum atomic E-state index is 0. The first-order valence-electron chi connectivity index (χ1n) is 4.77. The Bertz CT molecular complexity index is 211. The highest BCUT2D eigenvalue weighted by atomic mass is 14.0. The number of hydrogen-bond donors (Lipinski definition) is 0. The smallest absolute Gasteiger partial charge is 0.0216 e. The molecule has 13 heavy (non-hydrogen) atoms. The average Bonchev–Trinajstić information content (AvgIpc) is 2.08. The Morgan fingerprint density at radius 3 is 1.77 bits per heavy atom. The second-order valence-electron chi connectivity index (χ2n) is 3.01. The summed E-state index contributed by atoms with van der Waals surface area (Å²) >= 11 is 0. The van der Waals surface area contributed by atoms with Gasteiger partial charge in [-0.25, -0.2) is 0 Å². The molecular formula is C13H24. The fraction of sp³-hybridized carbons (Fsp3) is 0.538. The van der Waals surface area contributed by atoms with Crippen molar-refractivity contribution >= 4 is 0 Å². The summed E-state index contributed by atoms with van der Waals surface area (Å²) in [6, 6.07) is 8.54. The number of benzene rings is 1. The van der Waals surface area contributed by atoms with Crippen LogP contribution in [0.4, 0.5) is 0 Å². The molecule has 0 fully saturated rings. The predicted octanol–water partition coefficient (Wildman–Crippen LogP) is 4.78. The molecule has 1 rings (SSSR count). The van der Waals surface area contributed by atoms with E-state index in [-0.39, 0.29) is 7.43 Å². The monoisotopic (exact) mass is 180 g/mol. The van der Waals surface area contributed by atoms with Gasteiger partial charge in [0.15, 0.2) is 0 Å². The first kappa shape index (κ1) is 14.7. The molecule has 0 N–H and O–H groups in total. The normalized spacial score (nSPS) is 8.46. The van der Waals surface area contributed by atoms with Crippen molar-refractivity contribution in [3.63, 3.8) is 0 Å². The van der Waals surface area contributed by atoms with Gasteiger partial charge < -0.3 is 0 Å². The Kier molecular flexibility index (Phi) is 8.89. The Labute approximate surface area is 84.0 Å². The number of hydrogen-bond acceptors (Lipinski definition) is 0. The molecule has 1 aromatic carbocycles. The maximum Gasteiger partial charge on any atom is -0.0216 e. The highest BCUT2D eigenvalue weighted by Gasteiger charge is 1.99. The van der Waals surface area contributed by atoms with E-state index in [0.717, 1.165) is 0 Å². The largest absolute Gasteiger partial charge is 0.0776 e. The van der Waals surface area contributed by atoms with Gasteiger partial charge in [-0.05, 0) is 24.0 Å². The van der Waals surface area contributed by atoms with E-state index < -0.39 is 0 Å². The second-order valence-corrected chi connectivity index (χ2v) is 3.01. The van der Waals surface area contributed by atoms with E-state index in [1.165, 1.54) is 11.1 Å². The van der Waals surface area contributed by atoms with Gasteiger partial charge in [0.1, 0.15) is 0 Å². The molecule has 0 heterocycles. The predicted molar refractivity (Wildman–Crippen MR) is 63.3 cm³/mol. The van der Waals surface area contributed by atoms with E-state index in [0.29, 0.717) is 5.92 Å². The van der Waals surface area contributed by atoms with Crippen molar-refractivity contribution < 1.29 is 0 Å². The molecule has 0 aliphatic carbocycles. The van der Waals surface area contributed by atoms with Crippen molar-refractivity contribution in [2.24, 2.45) is 0 Å². The maximum atomic E-state index is 2.22. The molecule has 0 nitrogen and oxygen atoms in total. The first-order valence-corrected chi connectivity index (χ1v) is 4.77. The lowest BCUT2D eigenvalue weighted by Gasteiger charge is -2.07. The van der Waals surface area contributed by atoms with Crippen molar-refractivity contribution in [1.82, 2.24) is 0 Å². The molecule has 0 amide bonds. The van der Waals surface area contributed by atoms with Crippen molar-refractivity contribution in [2.75, 3.05) is 0 Å². The molecule has 0 saturated heterocycles. The molecule has 0 saturated carbocycles. The zero-order valence-corrected chi connectivity index (χ0v) is 8.89. The number of aryl methyl sites for hydroxylation is 1. The van der Waals surface area contributed by atoms with Crippen molar-refractivity contribution in [2.45, 2.75) is 48.0 Å². The summed E-state index contributed by atoms with van der Waals surface area (Å²) in [6.45, 7) is 10.6. The molecule has 0 unspecified atom stereocenters. The quantitative estimate of drug-likeness (QED) is 0.583. The standard InChI is InChI=1S/C10H14.C2H6.CH4/c1-8(2)10-7-5-4-6-9(10)3;1-2;/h4-8H,1-3H3;1-2H3;1H4. The molecule has 0 aliphatic heterocycles. The van der Waals surface area contributed by atoms with Crippen LogP contribution >= 0.6 is 0 Å². The molecule has 0 heteroatoms. The van der Waals surface area contributed by atoms with E-state index >= 15 is 0 Å². The molecule has 0 bridgehead atoms. The Balaban J connectivity index is 0. The fourth-order valence-electron chi connectivity index (χ4n) is 1.23. The van der Waals surface area contributed by atoms with Gasteiger partial charge in [0, 0.05) is 0 Å². The van der Waals surface area contributed by atoms with Gasteiger partial charge in [-0.15, -0.1) is 0 Å². The fourth-order valence-corrected chi connectivity index (χ4v) is 1.23. The summed E-state index contributed by atoms with van der Waals surface area (Å²) < 4.78 is 0. The Morgan fingerprint density at radius 2 is 1.46 bits per heavy atom. The van der Waals surface area contributed by atoms with E-state index in [1.807, 2.05) is 13.8 Å². The summed E-state index contributed by atoms with van der Waals surface area (Å²) in [5.41, 5.74) is 2.86. The van der Waals surface area contributed by atoms with Gasteiger partial charge in [-0.2, -0.15) is 0 Å². The van der Waals surface area contributed by atoms with Gasteiger partial charge in [0.2, 0.25) is 0 Å². The van der Waals surface area contributed by atoms with Crippen LogP contribution in [0.2, 0.25) is 0 Å². The van der Waals surface area contributed by atoms with Crippen LogP contribution in [0.1, 0.15) is 52.2 Å². The van der Waals surface area contributed by atoms with E-state index in [2.05, 4.69) is 45.0 Å². The molecule has 0 aliphatic rings. The minimum Gasteiger partial charge on any atom is -0.0776 e. The van der Waals surface area contributed by atoms with Crippen molar-refractivity contribution in [3.8, 4) is 0 Å². The third-order valence-electron chi connectivity index (χ3n) is 1.81. The zero-order valence-electron chi connectivity index (χ0n) is 8.89. The van der Waals surface area contributed by atoms with E-state index in [9.17, 15) is 0 Å². The summed E-state index contributed by atoms with van der Waals surface area (Å²) in [7, 11) is 0. The molecule has 0 spiro atoms. The van der Waals surface area contributed by atoms with Crippen LogP contribution < -0.4 is 0 Å². The Morgan fingerprint density at radius 1 is 1.00 bits per heavy atom. The second kappa shape index (κ2) is 7.85. The van der Waals surface area contributed by atoms with Crippen molar-refractivity contribution in [3.05, 3.63) is 35.4 Å². The third-order valence-corrected chi connectivity index (χ3v) is 1.81. The van der Waals surface area contributed by atoms with Gasteiger partial charge in [0.25, 0.3) is 0 Å². The molecule has 0 atom stereocenters. The molecule has 76 valence electrons. The lowest BCUT2D eigenvalue weighted by molar-refractivity contribution is 0.856. The third kappa shape index (κ3) is 4.72. The molecular weight excluding hydrogens is 156 g/mol. The molecule has 0 radical (unpaired) electrons. The van der Waals surface area contributed by atoms with Crippen LogP contribution in [-0.2, 0) is 0 Å².